The largest absolute Gasteiger partial charge is 0.491 e. The minimum Gasteiger partial charge on any atom is -0.491 e. The van der Waals surface area contributed by atoms with E-state index in [1.54, 1.807) is 43.3 Å². The van der Waals surface area contributed by atoms with Gasteiger partial charge in [-0.25, -0.2) is 0 Å². The van der Waals surface area contributed by atoms with Crippen molar-refractivity contribution in [3.63, 3.8) is 0 Å². The lowest BCUT2D eigenvalue weighted by Crippen LogP contribution is -2.37. The van der Waals surface area contributed by atoms with E-state index >= 15 is 0 Å². The van der Waals surface area contributed by atoms with Gasteiger partial charge < -0.3 is 10.1 Å². The lowest BCUT2D eigenvalue weighted by atomic mass is 10.0. The summed E-state index contributed by atoms with van der Waals surface area (Å²) >= 11 is 0. The number of carbonyl (C=O) groups is 2. The van der Waals surface area contributed by atoms with Crippen molar-refractivity contribution < 1.29 is 27.5 Å². The molecule has 1 N–H and O–H groups in total. The number of benzene rings is 3. The molecular formula is C24H20F3NO3. The summed E-state index contributed by atoms with van der Waals surface area (Å²) in [6.07, 6.45) is -4.53. The monoisotopic (exact) mass is 427 g/mol. The van der Waals surface area contributed by atoms with Crippen molar-refractivity contribution in [1.29, 1.82) is 0 Å². The fourth-order valence-corrected chi connectivity index (χ4v) is 2.92. The van der Waals surface area contributed by atoms with Gasteiger partial charge in [-0.15, -0.1) is 0 Å². The second-order valence-corrected chi connectivity index (χ2v) is 6.95. The molecule has 3 aromatic carbocycles. The maximum atomic E-state index is 13.0. The number of nitrogens with one attached hydrogen (secondary N) is 1. The SMILES string of the molecule is CC(COc1ccccc1C(F)(F)F)NC(=O)c1ccc(C(=O)c2ccccc2)cc1. The van der Waals surface area contributed by atoms with Crippen LogP contribution in [0.25, 0.3) is 0 Å². The van der Waals surface area contributed by atoms with E-state index in [4.69, 9.17) is 4.74 Å². The molecule has 0 aliphatic rings. The van der Waals surface area contributed by atoms with Crippen molar-refractivity contribution in [2.45, 2.75) is 19.1 Å². The molecule has 31 heavy (non-hydrogen) atoms. The summed E-state index contributed by atoms with van der Waals surface area (Å²) in [6, 6.07) is 19.3. The van der Waals surface area contributed by atoms with Crippen molar-refractivity contribution in [2.75, 3.05) is 6.61 Å². The second kappa shape index (κ2) is 9.47. The molecule has 0 aliphatic carbocycles. The quantitative estimate of drug-likeness (QED) is 0.532. The lowest BCUT2D eigenvalue weighted by Gasteiger charge is -2.18. The molecule has 0 aliphatic heterocycles. The number of ether oxygens (including phenoxy) is 1. The van der Waals surface area contributed by atoms with Crippen molar-refractivity contribution in [2.24, 2.45) is 0 Å². The molecule has 0 saturated carbocycles. The molecule has 0 saturated heterocycles. The van der Waals surface area contributed by atoms with Gasteiger partial charge in [-0.05, 0) is 31.2 Å². The normalized spacial score (nSPS) is 12.1. The highest BCUT2D eigenvalue weighted by Crippen LogP contribution is 2.35. The summed E-state index contributed by atoms with van der Waals surface area (Å²) in [5.74, 6) is -0.864. The summed E-state index contributed by atoms with van der Waals surface area (Å²) < 4.78 is 44.4. The first kappa shape index (κ1) is 22.1. The van der Waals surface area contributed by atoms with Crippen LogP contribution in [0.4, 0.5) is 13.2 Å². The van der Waals surface area contributed by atoms with Gasteiger partial charge in [-0.3, -0.25) is 9.59 Å². The van der Waals surface area contributed by atoms with Crippen LogP contribution in [0.1, 0.15) is 38.8 Å². The van der Waals surface area contributed by atoms with Gasteiger partial charge in [0.2, 0.25) is 0 Å². The number of alkyl halides is 3. The molecule has 3 aromatic rings. The number of hydrogen-bond donors (Lipinski definition) is 1. The summed E-state index contributed by atoms with van der Waals surface area (Å²) in [7, 11) is 0. The summed E-state index contributed by atoms with van der Waals surface area (Å²) in [5.41, 5.74) is 0.451. The molecule has 0 heterocycles. The first-order valence-corrected chi connectivity index (χ1v) is 9.55. The smallest absolute Gasteiger partial charge is 0.419 e. The third-order valence-corrected chi connectivity index (χ3v) is 4.50. The van der Waals surface area contributed by atoms with Crippen LogP contribution >= 0.6 is 0 Å². The van der Waals surface area contributed by atoms with Crippen molar-refractivity contribution in [3.05, 3.63) is 101 Å². The number of para-hydroxylation sites is 1. The zero-order valence-electron chi connectivity index (χ0n) is 16.6. The number of carbonyl (C=O) groups excluding carboxylic acids is 2. The van der Waals surface area contributed by atoms with Gasteiger partial charge in [0, 0.05) is 16.7 Å². The molecule has 0 bridgehead atoms. The van der Waals surface area contributed by atoms with Gasteiger partial charge in [0.25, 0.3) is 5.91 Å². The Labute approximate surface area is 177 Å². The third kappa shape index (κ3) is 5.72. The fraction of sp³-hybridized carbons (Fsp3) is 0.167. The Hall–Kier alpha value is -3.61. The van der Waals surface area contributed by atoms with Crippen molar-refractivity contribution in [3.8, 4) is 5.75 Å². The van der Waals surface area contributed by atoms with Crippen LogP contribution in [-0.2, 0) is 6.18 Å². The molecule has 1 amide bonds. The van der Waals surface area contributed by atoms with Crippen molar-refractivity contribution >= 4 is 11.7 Å². The van der Waals surface area contributed by atoms with E-state index in [9.17, 15) is 22.8 Å². The van der Waals surface area contributed by atoms with Crippen LogP contribution in [0, 0.1) is 0 Å². The van der Waals surface area contributed by atoms with E-state index in [2.05, 4.69) is 5.32 Å². The summed E-state index contributed by atoms with van der Waals surface area (Å²) in [5, 5.41) is 2.67. The molecule has 0 fully saturated rings. The van der Waals surface area contributed by atoms with Gasteiger partial charge in [0.15, 0.2) is 5.78 Å². The Morgan fingerprint density at radius 2 is 1.39 bits per heavy atom. The maximum absolute atomic E-state index is 13.0. The van der Waals surface area contributed by atoms with Gasteiger partial charge in [0.05, 0.1) is 11.6 Å². The Kier molecular flexibility index (Phi) is 6.74. The first-order chi connectivity index (χ1) is 14.8. The van der Waals surface area contributed by atoms with E-state index in [0.29, 0.717) is 16.7 Å². The zero-order chi connectivity index (χ0) is 22.4. The minimum absolute atomic E-state index is 0.136. The summed E-state index contributed by atoms with van der Waals surface area (Å²) in [6.45, 7) is 1.49. The molecular weight excluding hydrogens is 407 g/mol. The highest BCUT2D eigenvalue weighted by atomic mass is 19.4. The Bertz CT molecular complexity index is 1050. The molecule has 1 unspecified atom stereocenters. The predicted octanol–water partition coefficient (Wildman–Crippen LogP) is 5.13. The molecule has 1 atom stereocenters. The molecule has 160 valence electrons. The topological polar surface area (TPSA) is 55.4 Å². The van der Waals surface area contributed by atoms with Crippen LogP contribution in [0.15, 0.2) is 78.9 Å². The minimum atomic E-state index is -4.53. The molecule has 0 spiro atoms. The molecule has 4 nitrogen and oxygen atoms in total. The van der Waals surface area contributed by atoms with Crippen molar-refractivity contribution in [1.82, 2.24) is 5.32 Å². The van der Waals surface area contributed by atoms with Gasteiger partial charge in [-0.1, -0.05) is 54.6 Å². The zero-order valence-corrected chi connectivity index (χ0v) is 16.6. The van der Waals surface area contributed by atoms with E-state index in [-0.39, 0.29) is 18.1 Å². The maximum Gasteiger partial charge on any atom is 0.419 e. The van der Waals surface area contributed by atoms with E-state index < -0.39 is 23.7 Å². The average Bonchev–Trinajstić information content (AvgIpc) is 2.77. The highest BCUT2D eigenvalue weighted by Gasteiger charge is 2.34. The predicted molar refractivity (Wildman–Crippen MR) is 110 cm³/mol. The van der Waals surface area contributed by atoms with Crippen LogP contribution < -0.4 is 10.1 Å². The number of ketones is 1. The summed E-state index contributed by atoms with van der Waals surface area (Å²) in [4.78, 5) is 24.8. The Balaban J connectivity index is 1.59. The van der Waals surface area contributed by atoms with Gasteiger partial charge in [0.1, 0.15) is 12.4 Å². The van der Waals surface area contributed by atoms with Crippen LogP contribution in [0.5, 0.6) is 5.75 Å². The highest BCUT2D eigenvalue weighted by molar-refractivity contribution is 6.09. The third-order valence-electron chi connectivity index (χ3n) is 4.50. The number of halogens is 3. The first-order valence-electron chi connectivity index (χ1n) is 9.55. The fourth-order valence-electron chi connectivity index (χ4n) is 2.92. The average molecular weight is 427 g/mol. The molecule has 0 radical (unpaired) electrons. The van der Waals surface area contributed by atoms with Crippen LogP contribution in [-0.4, -0.2) is 24.3 Å². The molecule has 3 rings (SSSR count). The number of rotatable bonds is 7. The second-order valence-electron chi connectivity index (χ2n) is 6.95. The number of amides is 1. The van der Waals surface area contributed by atoms with Crippen LogP contribution in [0.3, 0.4) is 0 Å². The lowest BCUT2D eigenvalue weighted by molar-refractivity contribution is -0.139. The van der Waals surface area contributed by atoms with Crippen LogP contribution in [0.2, 0.25) is 0 Å². The van der Waals surface area contributed by atoms with Gasteiger partial charge in [-0.2, -0.15) is 13.2 Å². The number of hydrogen-bond acceptors (Lipinski definition) is 3. The molecule has 0 aromatic heterocycles. The molecule has 7 heteroatoms. The standard InChI is InChI=1S/C24H20F3NO3/c1-16(15-31-21-10-6-5-9-20(21)24(25,26)27)28-23(30)19-13-11-18(12-14-19)22(29)17-7-3-2-4-8-17/h2-14,16H,15H2,1H3,(H,28,30). The Morgan fingerprint density at radius 3 is 2.03 bits per heavy atom. The Morgan fingerprint density at radius 1 is 0.839 bits per heavy atom. The van der Waals surface area contributed by atoms with E-state index in [1.165, 1.54) is 30.3 Å². The van der Waals surface area contributed by atoms with E-state index in [1.807, 2.05) is 6.07 Å². The van der Waals surface area contributed by atoms with Gasteiger partial charge >= 0.3 is 6.18 Å². The van der Waals surface area contributed by atoms with E-state index in [0.717, 1.165) is 6.07 Å².